The third kappa shape index (κ3) is 3.70. The van der Waals surface area contributed by atoms with Crippen molar-refractivity contribution in [3.05, 3.63) is 12.7 Å². The van der Waals surface area contributed by atoms with Crippen LogP contribution in [0.2, 0.25) is 0 Å². The van der Waals surface area contributed by atoms with Gasteiger partial charge in [0.1, 0.15) is 0 Å². The molecule has 0 aromatic rings. The maximum absolute atomic E-state index is 4.80. The molecule has 0 radical (unpaired) electrons. The summed E-state index contributed by atoms with van der Waals surface area (Å²) in [6.45, 7) is 3.32. The molecule has 0 heterocycles. The monoisotopic (exact) mass is 89.0 g/mol. The van der Waals surface area contributed by atoms with Crippen LogP contribution in [0, 0.1) is 0 Å². The molecule has 0 bridgehead atoms. The molecule has 0 atom stereocenters. The fourth-order valence-electron chi connectivity index (χ4n) is 0.0398. The minimum atomic E-state index is 1.40. The largest absolute Gasteiger partial charge is 0.186 e. The molecular weight excluding hydrogens is 85.5 g/mol. The third-order valence-electron chi connectivity index (χ3n) is 0.162. The van der Waals surface area contributed by atoms with Crippen molar-refractivity contribution in [1.29, 1.82) is 0 Å². The minimum Gasteiger partial charge on any atom is -0.186 e. The first-order valence-corrected chi connectivity index (χ1v) is 1.51. The topological polar surface area (TPSA) is 12.4 Å². The number of allylic oxidation sites excluding steroid dienone is 1. The van der Waals surface area contributed by atoms with Crippen molar-refractivity contribution in [3.8, 4) is 0 Å². The molecule has 0 aliphatic heterocycles. The van der Waals surface area contributed by atoms with Gasteiger partial charge in [0, 0.05) is 18.0 Å². The number of hydrogen-bond donors (Lipinski definition) is 0. The van der Waals surface area contributed by atoms with Crippen LogP contribution in [-0.4, -0.2) is 6.21 Å². The van der Waals surface area contributed by atoms with Gasteiger partial charge in [-0.05, 0) is 6.08 Å². The van der Waals surface area contributed by atoms with Gasteiger partial charge < -0.3 is 0 Å². The van der Waals surface area contributed by atoms with E-state index >= 15 is 0 Å². The van der Waals surface area contributed by atoms with Crippen LogP contribution in [0.1, 0.15) is 0 Å². The van der Waals surface area contributed by atoms with E-state index in [1.54, 1.807) is 0 Å². The zero-order valence-electron chi connectivity index (χ0n) is 2.69. The molecule has 0 aromatic heterocycles. The molecule has 0 fully saturated rings. The van der Waals surface area contributed by atoms with E-state index in [0.717, 1.165) is 0 Å². The highest BCUT2D eigenvalue weighted by Gasteiger charge is 1.44. The second-order valence-electron chi connectivity index (χ2n) is 0.482. The van der Waals surface area contributed by atoms with Crippen molar-refractivity contribution >= 4 is 18.0 Å². The molecule has 0 unspecified atom stereocenters. The van der Waals surface area contributed by atoms with Crippen molar-refractivity contribution in [2.75, 3.05) is 0 Å². The Morgan fingerprint density at radius 3 is 2.40 bits per heavy atom. The average Bonchev–Trinajstić information content (AvgIpc) is 1.41. The zero-order chi connectivity index (χ0) is 4.12. The highest BCUT2D eigenvalue weighted by Crippen LogP contribution is 1.67. The maximum Gasteiger partial charge on any atom is 0.0409 e. The van der Waals surface area contributed by atoms with Gasteiger partial charge in [-0.15, -0.1) is 0 Å². The quantitative estimate of drug-likeness (QED) is 0.431. The summed E-state index contributed by atoms with van der Waals surface area (Å²) in [5, 5.41) is 0. The SMILES string of the molecule is C=CC=NCl. The molecule has 0 aliphatic rings. The summed E-state index contributed by atoms with van der Waals surface area (Å²) in [7, 11) is 0. The van der Waals surface area contributed by atoms with E-state index in [-0.39, 0.29) is 0 Å². The van der Waals surface area contributed by atoms with E-state index < -0.39 is 0 Å². The van der Waals surface area contributed by atoms with E-state index in [1.807, 2.05) is 0 Å². The van der Waals surface area contributed by atoms with Crippen LogP contribution in [-0.2, 0) is 0 Å². The van der Waals surface area contributed by atoms with Gasteiger partial charge in [-0.1, -0.05) is 6.58 Å². The fraction of sp³-hybridized carbons (Fsp3) is 0. The van der Waals surface area contributed by atoms with Gasteiger partial charge >= 0.3 is 0 Å². The first kappa shape index (κ1) is 4.70. The molecule has 0 spiro atoms. The molecule has 0 aromatic carbocycles. The zero-order valence-corrected chi connectivity index (χ0v) is 3.44. The van der Waals surface area contributed by atoms with E-state index in [9.17, 15) is 0 Å². The van der Waals surface area contributed by atoms with Gasteiger partial charge in [0.15, 0.2) is 0 Å². The van der Waals surface area contributed by atoms with Gasteiger partial charge in [0.05, 0.1) is 0 Å². The van der Waals surface area contributed by atoms with Crippen LogP contribution in [0.15, 0.2) is 17.2 Å². The molecular formula is C3H4ClN. The lowest BCUT2D eigenvalue weighted by molar-refractivity contribution is 1.95. The summed E-state index contributed by atoms with van der Waals surface area (Å²) in [6, 6.07) is 0. The highest BCUT2D eigenvalue weighted by atomic mass is 35.5. The number of rotatable bonds is 1. The number of hydrogen-bond acceptors (Lipinski definition) is 1. The molecule has 0 amide bonds. The van der Waals surface area contributed by atoms with Crippen LogP contribution < -0.4 is 0 Å². The lowest BCUT2D eigenvalue weighted by atomic mass is 10.7. The van der Waals surface area contributed by atoms with Gasteiger partial charge in [0.25, 0.3) is 0 Å². The third-order valence-corrected chi connectivity index (χ3v) is 0.274. The first-order chi connectivity index (χ1) is 2.41. The molecule has 0 N–H and O–H groups in total. The predicted octanol–water partition coefficient (Wildman–Crippen LogP) is 1.40. The molecule has 0 saturated heterocycles. The Hall–Kier alpha value is -0.300. The highest BCUT2D eigenvalue weighted by molar-refractivity contribution is 6.18. The summed E-state index contributed by atoms with van der Waals surface area (Å²) >= 11 is 4.80. The van der Waals surface area contributed by atoms with Crippen molar-refractivity contribution < 1.29 is 0 Å². The van der Waals surface area contributed by atoms with E-state index in [4.69, 9.17) is 11.8 Å². The van der Waals surface area contributed by atoms with Crippen molar-refractivity contribution in [2.24, 2.45) is 4.51 Å². The average molecular weight is 89.5 g/mol. The van der Waals surface area contributed by atoms with Crippen LogP contribution in [0.3, 0.4) is 0 Å². The molecule has 2 heteroatoms. The van der Waals surface area contributed by atoms with E-state index in [0.29, 0.717) is 0 Å². The molecule has 1 nitrogen and oxygen atoms in total. The van der Waals surface area contributed by atoms with Crippen LogP contribution in [0.4, 0.5) is 0 Å². The first-order valence-electron chi connectivity index (χ1n) is 1.17. The Bertz CT molecular complexity index is 48.9. The van der Waals surface area contributed by atoms with Crippen molar-refractivity contribution in [3.63, 3.8) is 0 Å². The molecule has 5 heavy (non-hydrogen) atoms. The Kier molecular flexibility index (Phi) is 3.48. The van der Waals surface area contributed by atoms with Gasteiger partial charge in [-0.2, -0.15) is 4.51 Å². The summed E-state index contributed by atoms with van der Waals surface area (Å²) in [6.07, 6.45) is 2.91. The summed E-state index contributed by atoms with van der Waals surface area (Å²) in [5.74, 6) is 0. The standard InChI is InChI=1S/C3H4ClN/c1-2-3-5-4/h2-3H,1H2. The Balaban J connectivity index is 2.92. The van der Waals surface area contributed by atoms with Crippen LogP contribution in [0.5, 0.6) is 0 Å². The lowest BCUT2D eigenvalue weighted by Gasteiger charge is -1.54. The second-order valence-corrected chi connectivity index (χ2v) is 0.678. The molecule has 28 valence electrons. The Morgan fingerprint density at radius 1 is 1.80 bits per heavy atom. The smallest absolute Gasteiger partial charge is 0.0409 e. The molecule has 0 aliphatic carbocycles. The van der Waals surface area contributed by atoms with Gasteiger partial charge in [-0.25, -0.2) is 0 Å². The normalized spacial score (nSPS) is 9.00. The fourth-order valence-corrected chi connectivity index (χ4v) is 0.120. The van der Waals surface area contributed by atoms with E-state index in [2.05, 4.69) is 11.1 Å². The van der Waals surface area contributed by atoms with Crippen LogP contribution in [0.25, 0.3) is 0 Å². The summed E-state index contributed by atoms with van der Waals surface area (Å²) in [5.41, 5.74) is 0. The van der Waals surface area contributed by atoms with Gasteiger partial charge in [-0.3, -0.25) is 0 Å². The predicted molar refractivity (Wildman–Crippen MR) is 24.5 cm³/mol. The molecule has 0 saturated carbocycles. The maximum atomic E-state index is 4.80. The second kappa shape index (κ2) is 3.70. The van der Waals surface area contributed by atoms with Crippen molar-refractivity contribution in [1.82, 2.24) is 0 Å². The Morgan fingerprint density at radius 2 is 2.40 bits per heavy atom. The Labute approximate surface area is 36.1 Å². The van der Waals surface area contributed by atoms with Gasteiger partial charge in [0.2, 0.25) is 0 Å². The summed E-state index contributed by atoms with van der Waals surface area (Å²) in [4.78, 5) is 0. The van der Waals surface area contributed by atoms with Crippen LogP contribution >= 0.6 is 11.8 Å². The summed E-state index contributed by atoms with van der Waals surface area (Å²) < 4.78 is 3.08. The van der Waals surface area contributed by atoms with E-state index in [1.165, 1.54) is 12.3 Å². The molecule has 0 rings (SSSR count). The lowest BCUT2D eigenvalue weighted by Crippen LogP contribution is -1.46. The number of nitrogens with zero attached hydrogens (tertiary/aromatic N) is 1. The minimum absolute atomic E-state index is 1.40. The number of halogens is 1. The van der Waals surface area contributed by atoms with Crippen molar-refractivity contribution in [2.45, 2.75) is 0 Å².